The van der Waals surface area contributed by atoms with Crippen LogP contribution in [0.2, 0.25) is 0 Å². The third-order valence-electron chi connectivity index (χ3n) is 1.66. The van der Waals surface area contributed by atoms with Crippen LogP contribution in [0, 0.1) is 0 Å². The van der Waals surface area contributed by atoms with Crippen molar-refractivity contribution in [2.45, 2.75) is 12.8 Å². The molecular formula is C11H13ClF2O. The Hall–Kier alpha value is -0.930. The number of alkyl halides is 2. The van der Waals surface area contributed by atoms with Crippen LogP contribution < -0.4 is 0 Å². The highest BCUT2D eigenvalue weighted by Gasteiger charge is 2.24. The Morgan fingerprint density at radius 1 is 1.47 bits per heavy atom. The summed E-state index contributed by atoms with van der Waals surface area (Å²) in [5, 5.41) is 8.81. The molecule has 0 rings (SSSR count). The minimum Gasteiger partial charge on any atom is -0.392 e. The van der Waals surface area contributed by atoms with Crippen molar-refractivity contribution in [2.75, 3.05) is 6.61 Å². The van der Waals surface area contributed by atoms with Gasteiger partial charge in [-0.05, 0) is 11.6 Å². The Kier molecular flexibility index (Phi) is 5.47. The average molecular weight is 235 g/mol. The van der Waals surface area contributed by atoms with E-state index in [0.717, 1.165) is 19.1 Å². The molecule has 0 fully saturated rings. The molecule has 1 N–H and O–H groups in total. The van der Waals surface area contributed by atoms with Crippen molar-refractivity contribution in [1.29, 1.82) is 0 Å². The van der Waals surface area contributed by atoms with Crippen molar-refractivity contribution in [2.24, 2.45) is 0 Å². The zero-order valence-corrected chi connectivity index (χ0v) is 9.19. The van der Waals surface area contributed by atoms with Crippen LogP contribution in [0.25, 0.3) is 0 Å². The molecule has 0 saturated carbocycles. The number of halogens is 3. The summed E-state index contributed by atoms with van der Waals surface area (Å²) in [5.74, 6) is -2.96. The van der Waals surface area contributed by atoms with Crippen molar-refractivity contribution in [3.63, 3.8) is 0 Å². The van der Waals surface area contributed by atoms with Gasteiger partial charge in [-0.15, -0.1) is 0 Å². The number of allylic oxidation sites excluding steroid dienone is 4. The number of rotatable bonds is 5. The van der Waals surface area contributed by atoms with Crippen molar-refractivity contribution < 1.29 is 13.9 Å². The first-order valence-corrected chi connectivity index (χ1v) is 4.58. The van der Waals surface area contributed by atoms with E-state index in [0.29, 0.717) is 0 Å². The highest BCUT2D eigenvalue weighted by atomic mass is 35.5. The van der Waals surface area contributed by atoms with Crippen molar-refractivity contribution in [1.82, 2.24) is 0 Å². The zero-order chi connectivity index (χ0) is 12.1. The normalized spacial score (nSPS) is 13.9. The molecule has 0 aromatic heterocycles. The van der Waals surface area contributed by atoms with E-state index in [4.69, 9.17) is 16.7 Å². The van der Waals surface area contributed by atoms with E-state index in [1.54, 1.807) is 0 Å². The minimum atomic E-state index is -2.96. The van der Waals surface area contributed by atoms with E-state index in [1.807, 2.05) is 0 Å². The molecule has 0 bridgehead atoms. The van der Waals surface area contributed by atoms with E-state index in [-0.39, 0.29) is 22.8 Å². The molecule has 0 spiro atoms. The number of aliphatic hydroxyl groups excluding tert-OH is 1. The van der Waals surface area contributed by atoms with Crippen LogP contribution in [0.1, 0.15) is 6.92 Å². The molecule has 0 amide bonds. The van der Waals surface area contributed by atoms with Gasteiger partial charge in [0.1, 0.15) is 0 Å². The lowest BCUT2D eigenvalue weighted by molar-refractivity contribution is 0.0676. The monoisotopic (exact) mass is 234 g/mol. The van der Waals surface area contributed by atoms with Gasteiger partial charge < -0.3 is 5.11 Å². The summed E-state index contributed by atoms with van der Waals surface area (Å²) in [5.41, 5.74) is 0.0298. The SMILES string of the molecule is C=C/C(=C\C=C(\Cl)C(=C)CO)C(C)(F)F. The molecular weight excluding hydrogens is 222 g/mol. The molecule has 0 heterocycles. The van der Waals surface area contributed by atoms with E-state index in [9.17, 15) is 8.78 Å². The molecule has 0 aromatic carbocycles. The summed E-state index contributed by atoms with van der Waals surface area (Å²) in [6.07, 6.45) is 3.47. The number of aliphatic hydroxyl groups is 1. The predicted octanol–water partition coefficient (Wildman–Crippen LogP) is 3.43. The highest BCUT2D eigenvalue weighted by molar-refractivity contribution is 6.32. The lowest BCUT2D eigenvalue weighted by atomic mass is 10.1. The molecule has 1 nitrogen and oxygen atoms in total. The van der Waals surface area contributed by atoms with Gasteiger partial charge in [-0.1, -0.05) is 36.9 Å². The van der Waals surface area contributed by atoms with Gasteiger partial charge in [0.25, 0.3) is 5.92 Å². The first kappa shape index (κ1) is 14.1. The summed E-state index contributed by atoms with van der Waals surface area (Å²) in [7, 11) is 0. The Morgan fingerprint density at radius 2 is 2.00 bits per heavy atom. The van der Waals surface area contributed by atoms with Crippen LogP contribution in [-0.2, 0) is 0 Å². The molecule has 4 heteroatoms. The standard InChI is InChI=1S/C11H13ClF2O/c1-4-9(11(3,13)14)5-6-10(12)8(2)7-15/h4-6,15H,1-2,7H2,3H3/b9-5+,10-6+. The fraction of sp³-hybridized carbons (Fsp3) is 0.273. The number of hydrogen-bond acceptors (Lipinski definition) is 1. The first-order chi connectivity index (χ1) is 6.82. The number of hydrogen-bond donors (Lipinski definition) is 1. The molecule has 0 atom stereocenters. The summed E-state index contributed by atoms with van der Waals surface area (Å²) < 4.78 is 25.7. The maximum absolute atomic E-state index is 12.8. The summed E-state index contributed by atoms with van der Waals surface area (Å²) in [6.45, 7) is 7.18. The van der Waals surface area contributed by atoms with Gasteiger partial charge in [-0.2, -0.15) is 0 Å². The van der Waals surface area contributed by atoms with Crippen LogP contribution in [0.3, 0.4) is 0 Å². The average Bonchev–Trinajstić information content (AvgIpc) is 2.15. The molecule has 15 heavy (non-hydrogen) atoms. The largest absolute Gasteiger partial charge is 0.392 e. The second kappa shape index (κ2) is 5.83. The Balaban J connectivity index is 4.90. The summed E-state index contributed by atoms with van der Waals surface area (Å²) in [4.78, 5) is 0. The Bertz CT molecular complexity index is 311. The highest BCUT2D eigenvalue weighted by Crippen LogP contribution is 2.24. The van der Waals surface area contributed by atoms with Crippen molar-refractivity contribution in [3.8, 4) is 0 Å². The molecule has 84 valence electrons. The maximum atomic E-state index is 12.8. The third-order valence-corrected chi connectivity index (χ3v) is 2.06. The molecule has 0 saturated heterocycles. The molecule has 0 aromatic rings. The zero-order valence-electron chi connectivity index (χ0n) is 8.43. The van der Waals surface area contributed by atoms with Crippen molar-refractivity contribution in [3.05, 3.63) is 47.6 Å². The van der Waals surface area contributed by atoms with Gasteiger partial charge >= 0.3 is 0 Å². The van der Waals surface area contributed by atoms with Crippen LogP contribution in [0.15, 0.2) is 47.6 Å². The van der Waals surface area contributed by atoms with E-state index in [1.165, 1.54) is 6.08 Å². The van der Waals surface area contributed by atoms with E-state index >= 15 is 0 Å². The lowest BCUT2D eigenvalue weighted by Gasteiger charge is -2.10. The summed E-state index contributed by atoms with van der Waals surface area (Å²) in [6, 6.07) is 0. The Labute approximate surface area is 93.1 Å². The topological polar surface area (TPSA) is 20.2 Å². The molecule has 0 aliphatic rings. The Morgan fingerprint density at radius 3 is 2.33 bits per heavy atom. The molecule has 0 aliphatic heterocycles. The van der Waals surface area contributed by atoms with Crippen LogP contribution >= 0.6 is 11.6 Å². The van der Waals surface area contributed by atoms with E-state index in [2.05, 4.69) is 13.2 Å². The fourth-order valence-electron chi connectivity index (χ4n) is 0.750. The quantitative estimate of drug-likeness (QED) is 0.723. The van der Waals surface area contributed by atoms with E-state index < -0.39 is 5.92 Å². The van der Waals surface area contributed by atoms with Crippen molar-refractivity contribution >= 4 is 11.6 Å². The van der Waals surface area contributed by atoms with Gasteiger partial charge in [0, 0.05) is 17.5 Å². The smallest absolute Gasteiger partial charge is 0.270 e. The van der Waals surface area contributed by atoms with Gasteiger partial charge in [0.15, 0.2) is 0 Å². The van der Waals surface area contributed by atoms with Crippen LogP contribution in [-0.4, -0.2) is 17.6 Å². The predicted molar refractivity (Wildman–Crippen MR) is 59.1 cm³/mol. The van der Waals surface area contributed by atoms with Gasteiger partial charge in [0.2, 0.25) is 0 Å². The second-order valence-electron chi connectivity index (χ2n) is 2.99. The van der Waals surface area contributed by atoms with Gasteiger partial charge in [-0.25, -0.2) is 8.78 Å². The lowest BCUT2D eigenvalue weighted by Crippen LogP contribution is -2.11. The molecule has 0 unspecified atom stereocenters. The first-order valence-electron chi connectivity index (χ1n) is 4.20. The minimum absolute atomic E-state index is 0.140. The maximum Gasteiger partial charge on any atom is 0.270 e. The van der Waals surface area contributed by atoms with Crippen LogP contribution in [0.4, 0.5) is 8.78 Å². The molecule has 0 aliphatic carbocycles. The molecule has 0 radical (unpaired) electrons. The second-order valence-corrected chi connectivity index (χ2v) is 3.40. The van der Waals surface area contributed by atoms with Gasteiger partial charge in [0.05, 0.1) is 6.61 Å². The third kappa shape index (κ3) is 4.91. The van der Waals surface area contributed by atoms with Gasteiger partial charge in [-0.3, -0.25) is 0 Å². The van der Waals surface area contributed by atoms with Crippen LogP contribution in [0.5, 0.6) is 0 Å². The fourth-order valence-corrected chi connectivity index (χ4v) is 0.873. The summed E-state index contributed by atoms with van der Waals surface area (Å²) >= 11 is 5.66.